The number of rotatable bonds is 3. The zero-order valence-corrected chi connectivity index (χ0v) is 9.45. The van der Waals surface area contributed by atoms with Gasteiger partial charge in [0, 0.05) is 9.50 Å². The molecule has 0 spiro atoms. The largest absolute Gasteiger partial charge is 0.0840 e. The van der Waals surface area contributed by atoms with Gasteiger partial charge in [-0.2, -0.15) is 0 Å². The molecule has 0 bridgehead atoms. The number of hydrogen-bond donors (Lipinski definition) is 0. The van der Waals surface area contributed by atoms with Crippen molar-refractivity contribution in [3.63, 3.8) is 0 Å². The van der Waals surface area contributed by atoms with Gasteiger partial charge in [-0.25, -0.2) is 0 Å². The van der Waals surface area contributed by atoms with E-state index in [1.54, 1.807) is 0 Å². The first-order valence-electron chi connectivity index (χ1n) is 4.18. The van der Waals surface area contributed by atoms with Crippen LogP contribution in [0.2, 0.25) is 5.02 Å². The second-order valence-corrected chi connectivity index (χ2v) is 4.07. The summed E-state index contributed by atoms with van der Waals surface area (Å²) in [5, 5.41) is 0.873. The Bertz CT molecular complexity index is 238. The van der Waals surface area contributed by atoms with Crippen LogP contribution in [0.15, 0.2) is 22.7 Å². The molecule has 1 aromatic rings. The quantitative estimate of drug-likeness (QED) is 0.740. The molecule has 0 radical (unpaired) electrons. The molecule has 0 saturated carbocycles. The fourth-order valence-electron chi connectivity index (χ4n) is 1.12. The minimum Gasteiger partial charge on any atom is -0.0840 e. The topological polar surface area (TPSA) is 0 Å². The first-order valence-corrected chi connectivity index (χ1v) is 5.35. The first kappa shape index (κ1) is 10.1. The zero-order valence-electron chi connectivity index (χ0n) is 7.11. The van der Waals surface area contributed by atoms with Crippen LogP contribution >= 0.6 is 27.5 Å². The number of benzene rings is 1. The lowest BCUT2D eigenvalue weighted by molar-refractivity contribution is 0.793. The highest BCUT2D eigenvalue weighted by Crippen LogP contribution is 2.25. The summed E-state index contributed by atoms with van der Waals surface area (Å²) in [5.41, 5.74) is 1.24. The molecular formula is C10H12BrCl. The smallest absolute Gasteiger partial charge is 0.0449 e. The minimum absolute atomic E-state index is 0.873. The second-order valence-electron chi connectivity index (χ2n) is 2.80. The van der Waals surface area contributed by atoms with E-state index in [1.807, 2.05) is 18.2 Å². The van der Waals surface area contributed by atoms with Crippen molar-refractivity contribution >= 4 is 27.5 Å². The summed E-state index contributed by atoms with van der Waals surface area (Å²) < 4.78 is 1.13. The van der Waals surface area contributed by atoms with E-state index in [0.717, 1.165) is 15.9 Å². The minimum atomic E-state index is 0.873. The van der Waals surface area contributed by atoms with Gasteiger partial charge in [0.2, 0.25) is 0 Å². The summed E-state index contributed by atoms with van der Waals surface area (Å²) in [6.07, 6.45) is 3.47. The van der Waals surface area contributed by atoms with Gasteiger partial charge in [0.05, 0.1) is 0 Å². The Morgan fingerprint density at radius 1 is 1.42 bits per heavy atom. The summed E-state index contributed by atoms with van der Waals surface area (Å²) in [6, 6.07) is 5.94. The average Bonchev–Trinajstić information content (AvgIpc) is 2.04. The maximum atomic E-state index is 6.04. The van der Waals surface area contributed by atoms with E-state index in [1.165, 1.54) is 18.4 Å². The van der Waals surface area contributed by atoms with Crippen LogP contribution in [0.5, 0.6) is 0 Å². The fourth-order valence-corrected chi connectivity index (χ4v) is 2.07. The molecule has 1 rings (SSSR count). The summed E-state index contributed by atoms with van der Waals surface area (Å²) in [6.45, 7) is 2.19. The molecule has 0 amide bonds. The van der Waals surface area contributed by atoms with Crippen LogP contribution in [0.1, 0.15) is 25.3 Å². The van der Waals surface area contributed by atoms with E-state index in [2.05, 4.69) is 22.9 Å². The van der Waals surface area contributed by atoms with Crippen molar-refractivity contribution in [2.24, 2.45) is 0 Å². The van der Waals surface area contributed by atoms with E-state index in [9.17, 15) is 0 Å². The van der Waals surface area contributed by atoms with E-state index in [-0.39, 0.29) is 0 Å². The van der Waals surface area contributed by atoms with Crippen molar-refractivity contribution in [3.8, 4) is 0 Å². The molecule has 0 unspecified atom stereocenters. The van der Waals surface area contributed by atoms with Gasteiger partial charge in [0.15, 0.2) is 0 Å². The van der Waals surface area contributed by atoms with Gasteiger partial charge in [0.1, 0.15) is 0 Å². The highest BCUT2D eigenvalue weighted by atomic mass is 79.9. The summed E-state index contributed by atoms with van der Waals surface area (Å²) in [5.74, 6) is 0. The molecule has 66 valence electrons. The van der Waals surface area contributed by atoms with Crippen LogP contribution in [0, 0.1) is 0 Å². The highest BCUT2D eigenvalue weighted by Gasteiger charge is 2.02. The Morgan fingerprint density at radius 2 is 2.17 bits per heavy atom. The summed E-state index contributed by atoms with van der Waals surface area (Å²) >= 11 is 9.53. The Balaban J connectivity index is 2.81. The predicted molar refractivity (Wildman–Crippen MR) is 57.8 cm³/mol. The molecule has 0 fully saturated rings. The molecule has 0 aliphatic carbocycles. The summed E-state index contributed by atoms with van der Waals surface area (Å²) in [7, 11) is 0. The molecule has 0 nitrogen and oxygen atoms in total. The molecule has 0 saturated heterocycles. The number of hydrogen-bond acceptors (Lipinski definition) is 0. The van der Waals surface area contributed by atoms with E-state index >= 15 is 0 Å². The first-order chi connectivity index (χ1) is 5.75. The van der Waals surface area contributed by atoms with Crippen LogP contribution in [-0.2, 0) is 6.42 Å². The second kappa shape index (κ2) is 4.88. The van der Waals surface area contributed by atoms with Crippen molar-refractivity contribution in [3.05, 3.63) is 33.3 Å². The van der Waals surface area contributed by atoms with Crippen molar-refractivity contribution in [2.45, 2.75) is 26.2 Å². The Labute approximate surface area is 87.1 Å². The van der Waals surface area contributed by atoms with Gasteiger partial charge < -0.3 is 0 Å². The SMILES string of the molecule is CCCCc1c(Cl)cccc1Br. The molecule has 0 heterocycles. The third kappa shape index (κ3) is 2.49. The Morgan fingerprint density at radius 3 is 2.75 bits per heavy atom. The molecule has 2 heteroatoms. The molecule has 0 atom stereocenters. The maximum Gasteiger partial charge on any atom is 0.0449 e. The molecule has 0 N–H and O–H groups in total. The van der Waals surface area contributed by atoms with Crippen LogP contribution in [0.3, 0.4) is 0 Å². The molecule has 1 aromatic carbocycles. The number of unbranched alkanes of at least 4 members (excludes halogenated alkanes) is 1. The molecular weight excluding hydrogens is 235 g/mol. The van der Waals surface area contributed by atoms with Gasteiger partial charge in [-0.3, -0.25) is 0 Å². The van der Waals surface area contributed by atoms with Crippen LogP contribution < -0.4 is 0 Å². The lowest BCUT2D eigenvalue weighted by atomic mass is 10.1. The monoisotopic (exact) mass is 246 g/mol. The Hall–Kier alpha value is -0.0100. The normalized spacial score (nSPS) is 10.2. The molecule has 0 aliphatic rings. The Kier molecular flexibility index (Phi) is 4.10. The lowest BCUT2D eigenvalue weighted by Gasteiger charge is -2.05. The zero-order chi connectivity index (χ0) is 8.97. The van der Waals surface area contributed by atoms with Crippen molar-refractivity contribution in [1.82, 2.24) is 0 Å². The molecule has 0 aromatic heterocycles. The van der Waals surface area contributed by atoms with Crippen LogP contribution in [0.4, 0.5) is 0 Å². The third-order valence-corrected chi connectivity index (χ3v) is 2.94. The number of halogens is 2. The van der Waals surface area contributed by atoms with Gasteiger partial charge >= 0.3 is 0 Å². The van der Waals surface area contributed by atoms with Gasteiger partial charge in [-0.1, -0.05) is 46.9 Å². The maximum absolute atomic E-state index is 6.04. The van der Waals surface area contributed by atoms with Gasteiger partial charge in [-0.15, -0.1) is 0 Å². The van der Waals surface area contributed by atoms with E-state index in [0.29, 0.717) is 0 Å². The van der Waals surface area contributed by atoms with Gasteiger partial charge in [-0.05, 0) is 30.5 Å². The van der Waals surface area contributed by atoms with Crippen LogP contribution in [-0.4, -0.2) is 0 Å². The van der Waals surface area contributed by atoms with Gasteiger partial charge in [0.25, 0.3) is 0 Å². The van der Waals surface area contributed by atoms with E-state index in [4.69, 9.17) is 11.6 Å². The predicted octanol–water partition coefficient (Wildman–Crippen LogP) is 4.45. The van der Waals surface area contributed by atoms with E-state index < -0.39 is 0 Å². The fraction of sp³-hybridized carbons (Fsp3) is 0.400. The lowest BCUT2D eigenvalue weighted by Crippen LogP contribution is -1.87. The molecule has 12 heavy (non-hydrogen) atoms. The molecule has 0 aliphatic heterocycles. The van der Waals surface area contributed by atoms with Crippen molar-refractivity contribution in [1.29, 1.82) is 0 Å². The third-order valence-electron chi connectivity index (χ3n) is 1.84. The standard InChI is InChI=1S/C10H12BrCl/c1-2-3-5-8-9(11)6-4-7-10(8)12/h4,6-7H,2-3,5H2,1H3. The van der Waals surface area contributed by atoms with Crippen molar-refractivity contribution < 1.29 is 0 Å². The van der Waals surface area contributed by atoms with Crippen LogP contribution in [0.25, 0.3) is 0 Å². The summed E-state index contributed by atoms with van der Waals surface area (Å²) in [4.78, 5) is 0. The highest BCUT2D eigenvalue weighted by molar-refractivity contribution is 9.10. The van der Waals surface area contributed by atoms with Crippen molar-refractivity contribution in [2.75, 3.05) is 0 Å². The average molecular weight is 248 g/mol.